The molecule has 1 aliphatic heterocycles. The molecule has 15 heavy (non-hydrogen) atoms. The molecule has 0 N–H and O–H groups in total. The Morgan fingerprint density at radius 2 is 2.47 bits per heavy atom. The van der Waals surface area contributed by atoms with Gasteiger partial charge in [-0.15, -0.1) is 0 Å². The highest BCUT2D eigenvalue weighted by Gasteiger charge is 2.20. The van der Waals surface area contributed by atoms with Crippen LogP contribution in [0.2, 0.25) is 0 Å². The Morgan fingerprint density at radius 3 is 3.00 bits per heavy atom. The second-order valence-corrected chi connectivity index (χ2v) is 3.70. The molecule has 0 aromatic carbocycles. The van der Waals surface area contributed by atoms with Crippen molar-refractivity contribution in [1.82, 2.24) is 4.98 Å². The van der Waals surface area contributed by atoms with Crippen LogP contribution in [-0.2, 0) is 4.74 Å². The van der Waals surface area contributed by atoms with Gasteiger partial charge in [-0.1, -0.05) is 0 Å². The number of anilines is 1. The highest BCUT2D eigenvalue weighted by atomic mass is 16.5. The molecule has 0 radical (unpaired) electrons. The van der Waals surface area contributed by atoms with Crippen molar-refractivity contribution in [2.45, 2.75) is 12.5 Å². The number of aromatic nitrogens is 1. The SMILES string of the molecule is CN(c1ccc(C=O)cn1)C1CCOC1. The molecule has 0 spiro atoms. The van der Waals surface area contributed by atoms with Crippen molar-refractivity contribution in [3.63, 3.8) is 0 Å². The fourth-order valence-corrected chi connectivity index (χ4v) is 1.69. The van der Waals surface area contributed by atoms with E-state index >= 15 is 0 Å². The molecular formula is C11H14N2O2. The molecule has 0 aliphatic carbocycles. The Morgan fingerprint density at radius 1 is 1.60 bits per heavy atom. The molecule has 0 bridgehead atoms. The Labute approximate surface area is 88.9 Å². The van der Waals surface area contributed by atoms with E-state index in [2.05, 4.69) is 9.88 Å². The van der Waals surface area contributed by atoms with E-state index in [1.165, 1.54) is 0 Å². The number of likely N-dealkylation sites (N-methyl/N-ethyl adjacent to an activating group) is 1. The van der Waals surface area contributed by atoms with Crippen molar-refractivity contribution in [3.8, 4) is 0 Å². The van der Waals surface area contributed by atoms with Gasteiger partial charge in [-0.05, 0) is 18.6 Å². The van der Waals surface area contributed by atoms with Crippen LogP contribution in [0.25, 0.3) is 0 Å². The number of pyridine rings is 1. The molecule has 2 rings (SSSR count). The Balaban J connectivity index is 2.10. The lowest BCUT2D eigenvalue weighted by atomic mass is 10.2. The molecular weight excluding hydrogens is 192 g/mol. The molecule has 1 saturated heterocycles. The summed E-state index contributed by atoms with van der Waals surface area (Å²) in [6.45, 7) is 1.58. The van der Waals surface area contributed by atoms with Gasteiger partial charge in [0.25, 0.3) is 0 Å². The first-order valence-electron chi connectivity index (χ1n) is 5.03. The number of aldehydes is 1. The molecule has 4 nitrogen and oxygen atoms in total. The summed E-state index contributed by atoms with van der Waals surface area (Å²) in [6, 6.07) is 4.04. The largest absolute Gasteiger partial charge is 0.379 e. The van der Waals surface area contributed by atoms with E-state index in [-0.39, 0.29) is 0 Å². The number of carbonyl (C=O) groups excluding carboxylic acids is 1. The lowest BCUT2D eigenvalue weighted by molar-refractivity contribution is 0.112. The first-order valence-corrected chi connectivity index (χ1v) is 5.03. The predicted octanol–water partition coefficient (Wildman–Crippen LogP) is 1.12. The lowest BCUT2D eigenvalue weighted by Crippen LogP contribution is -2.32. The van der Waals surface area contributed by atoms with Crippen LogP contribution in [0.5, 0.6) is 0 Å². The van der Waals surface area contributed by atoms with Crippen LogP contribution in [0.3, 0.4) is 0 Å². The zero-order chi connectivity index (χ0) is 10.7. The van der Waals surface area contributed by atoms with E-state index in [9.17, 15) is 4.79 Å². The standard InChI is InChI=1S/C11H14N2O2/c1-13(10-4-5-15-8-10)11-3-2-9(7-14)6-12-11/h2-3,6-7,10H,4-5,8H2,1H3. The highest BCUT2D eigenvalue weighted by molar-refractivity contribution is 5.74. The van der Waals surface area contributed by atoms with Gasteiger partial charge in [0.05, 0.1) is 12.6 Å². The minimum atomic E-state index is 0.402. The van der Waals surface area contributed by atoms with Crippen LogP contribution in [0.15, 0.2) is 18.3 Å². The van der Waals surface area contributed by atoms with E-state index in [0.717, 1.165) is 31.7 Å². The van der Waals surface area contributed by atoms with E-state index < -0.39 is 0 Å². The van der Waals surface area contributed by atoms with Crippen molar-refractivity contribution in [1.29, 1.82) is 0 Å². The summed E-state index contributed by atoms with van der Waals surface area (Å²) in [7, 11) is 2.00. The smallest absolute Gasteiger partial charge is 0.151 e. The molecule has 1 atom stereocenters. The van der Waals surface area contributed by atoms with Crippen LogP contribution in [0.4, 0.5) is 5.82 Å². The predicted molar refractivity (Wildman–Crippen MR) is 57.3 cm³/mol. The van der Waals surface area contributed by atoms with Crippen LogP contribution < -0.4 is 4.90 Å². The van der Waals surface area contributed by atoms with Crippen molar-refractivity contribution in [2.75, 3.05) is 25.2 Å². The molecule has 1 unspecified atom stereocenters. The monoisotopic (exact) mass is 206 g/mol. The normalized spacial score (nSPS) is 20.2. The van der Waals surface area contributed by atoms with Crippen LogP contribution in [0, 0.1) is 0 Å². The van der Waals surface area contributed by atoms with Crippen molar-refractivity contribution >= 4 is 12.1 Å². The van der Waals surface area contributed by atoms with Gasteiger partial charge in [0.15, 0.2) is 6.29 Å². The minimum Gasteiger partial charge on any atom is -0.379 e. The maximum absolute atomic E-state index is 10.5. The average molecular weight is 206 g/mol. The van der Waals surface area contributed by atoms with Crippen LogP contribution in [0.1, 0.15) is 16.8 Å². The van der Waals surface area contributed by atoms with E-state index in [1.54, 1.807) is 12.3 Å². The first-order chi connectivity index (χ1) is 7.31. The van der Waals surface area contributed by atoms with Crippen LogP contribution >= 0.6 is 0 Å². The van der Waals surface area contributed by atoms with Gasteiger partial charge in [0.2, 0.25) is 0 Å². The second kappa shape index (κ2) is 4.40. The zero-order valence-electron chi connectivity index (χ0n) is 8.72. The molecule has 1 aliphatic rings. The molecule has 4 heteroatoms. The third-order valence-corrected chi connectivity index (χ3v) is 2.72. The summed E-state index contributed by atoms with van der Waals surface area (Å²) in [6.07, 6.45) is 3.43. The van der Waals surface area contributed by atoms with Gasteiger partial charge < -0.3 is 9.64 Å². The molecule has 1 aromatic rings. The maximum atomic E-state index is 10.5. The van der Waals surface area contributed by atoms with Gasteiger partial charge in [-0.25, -0.2) is 4.98 Å². The van der Waals surface area contributed by atoms with Gasteiger partial charge in [-0.2, -0.15) is 0 Å². The summed E-state index contributed by atoms with van der Waals surface area (Å²) in [5.41, 5.74) is 0.606. The highest BCUT2D eigenvalue weighted by Crippen LogP contribution is 2.17. The second-order valence-electron chi connectivity index (χ2n) is 3.70. The van der Waals surface area contributed by atoms with Gasteiger partial charge >= 0.3 is 0 Å². The van der Waals surface area contributed by atoms with Crippen molar-refractivity contribution in [3.05, 3.63) is 23.9 Å². The zero-order valence-corrected chi connectivity index (χ0v) is 8.72. The van der Waals surface area contributed by atoms with E-state index in [4.69, 9.17) is 4.74 Å². The number of hydrogen-bond donors (Lipinski definition) is 0. The lowest BCUT2D eigenvalue weighted by Gasteiger charge is -2.23. The molecule has 1 aromatic heterocycles. The topological polar surface area (TPSA) is 42.4 Å². The molecule has 1 fully saturated rings. The average Bonchev–Trinajstić information content (AvgIpc) is 2.82. The fourth-order valence-electron chi connectivity index (χ4n) is 1.69. The summed E-state index contributed by atoms with van der Waals surface area (Å²) in [4.78, 5) is 16.8. The van der Waals surface area contributed by atoms with Gasteiger partial charge in [0.1, 0.15) is 5.82 Å². The Kier molecular flexibility index (Phi) is 2.97. The first kappa shape index (κ1) is 10.1. The number of nitrogens with zero attached hydrogens (tertiary/aromatic N) is 2. The van der Waals surface area contributed by atoms with Crippen molar-refractivity contribution in [2.24, 2.45) is 0 Å². The third-order valence-electron chi connectivity index (χ3n) is 2.72. The summed E-state index contributed by atoms with van der Waals surface area (Å²) >= 11 is 0. The Bertz CT molecular complexity index is 331. The quantitative estimate of drug-likeness (QED) is 0.695. The van der Waals surface area contributed by atoms with E-state index in [1.807, 2.05) is 13.1 Å². The van der Waals surface area contributed by atoms with E-state index in [0.29, 0.717) is 11.6 Å². The summed E-state index contributed by atoms with van der Waals surface area (Å²) < 4.78 is 5.32. The molecule has 80 valence electrons. The maximum Gasteiger partial charge on any atom is 0.151 e. The van der Waals surface area contributed by atoms with Gasteiger partial charge in [0, 0.05) is 25.4 Å². The molecule has 2 heterocycles. The molecule has 0 saturated carbocycles. The third kappa shape index (κ3) is 2.15. The van der Waals surface area contributed by atoms with Gasteiger partial charge in [-0.3, -0.25) is 4.79 Å². The summed E-state index contributed by atoms with van der Waals surface area (Å²) in [5.74, 6) is 0.885. The Hall–Kier alpha value is -1.42. The number of ether oxygens (including phenoxy) is 1. The minimum absolute atomic E-state index is 0.402. The molecule has 0 amide bonds. The number of rotatable bonds is 3. The summed E-state index contributed by atoms with van der Waals surface area (Å²) in [5, 5.41) is 0. The number of carbonyl (C=O) groups is 1. The fraction of sp³-hybridized carbons (Fsp3) is 0.455. The van der Waals surface area contributed by atoms with Crippen molar-refractivity contribution < 1.29 is 9.53 Å². The number of hydrogen-bond acceptors (Lipinski definition) is 4. The van der Waals surface area contributed by atoms with Crippen LogP contribution in [-0.4, -0.2) is 37.6 Å².